The van der Waals surface area contributed by atoms with Crippen molar-refractivity contribution in [3.8, 4) is 0 Å². The summed E-state index contributed by atoms with van der Waals surface area (Å²) in [7, 11) is 3.14. The Morgan fingerprint density at radius 2 is 1.06 bits per heavy atom. The Hall–Kier alpha value is 0.526. The van der Waals surface area contributed by atoms with Crippen LogP contribution in [0.25, 0.3) is 0 Å². The van der Waals surface area contributed by atoms with Crippen molar-refractivity contribution in [1.82, 2.24) is 0 Å². The molecule has 0 aromatic carbocycles. The summed E-state index contributed by atoms with van der Waals surface area (Å²) in [6.45, 7) is 4.67. The number of methoxy groups -OCH3 is 2. The minimum Gasteiger partial charge on any atom is -0.831 e. The van der Waals surface area contributed by atoms with E-state index < -0.39 is 12.6 Å². The summed E-state index contributed by atoms with van der Waals surface area (Å²) >= 11 is 0. The molecule has 2 unspecified atom stereocenters. The van der Waals surface area contributed by atoms with Crippen LogP contribution >= 0.6 is 0 Å². The Morgan fingerprint density at radius 3 is 1.24 bits per heavy atom. The Kier molecular flexibility index (Phi) is 25.2. The van der Waals surface area contributed by atoms with E-state index >= 15 is 0 Å². The number of ether oxygens (including phenoxy) is 4. The van der Waals surface area contributed by atoms with E-state index in [4.69, 9.17) is 0 Å². The third-order valence-corrected chi connectivity index (χ3v) is 1.28. The molecule has 0 spiro atoms. The second kappa shape index (κ2) is 18.9. The first-order valence-electron chi connectivity index (χ1n) is 5.07. The van der Waals surface area contributed by atoms with Crippen LogP contribution in [0.4, 0.5) is 0 Å². The summed E-state index contributed by atoms with van der Waals surface area (Å²) in [4.78, 5) is 0. The molecule has 0 N–H and O–H groups in total. The normalized spacial score (nSPS) is 13.1. The van der Waals surface area contributed by atoms with Gasteiger partial charge in [-0.05, 0) is 12.6 Å². The summed E-state index contributed by atoms with van der Waals surface area (Å²) in [6, 6.07) is 0. The molecular formula is C10H22MgO6. The minimum atomic E-state index is -0.926. The molecule has 0 radical (unpaired) electrons. The van der Waals surface area contributed by atoms with Gasteiger partial charge in [0, 0.05) is 14.2 Å². The second-order valence-corrected chi connectivity index (χ2v) is 2.86. The van der Waals surface area contributed by atoms with E-state index in [0.717, 1.165) is 0 Å². The van der Waals surface area contributed by atoms with Crippen molar-refractivity contribution < 1.29 is 29.2 Å². The molecule has 0 aliphatic carbocycles. The third kappa shape index (κ3) is 31.5. The van der Waals surface area contributed by atoms with Gasteiger partial charge in [0.25, 0.3) is 0 Å². The molecule has 0 aliphatic rings. The second-order valence-electron chi connectivity index (χ2n) is 2.86. The molecule has 0 saturated carbocycles. The first-order chi connectivity index (χ1) is 7.54. The van der Waals surface area contributed by atoms with Gasteiger partial charge in [0.05, 0.1) is 26.4 Å². The van der Waals surface area contributed by atoms with Gasteiger partial charge in [0.15, 0.2) is 0 Å². The maximum absolute atomic E-state index is 10.1. The van der Waals surface area contributed by atoms with Crippen LogP contribution in [0.2, 0.25) is 0 Å². The monoisotopic (exact) mass is 262 g/mol. The van der Waals surface area contributed by atoms with E-state index in [1.165, 1.54) is 13.8 Å². The molecule has 0 fully saturated rings. The van der Waals surface area contributed by atoms with E-state index in [2.05, 4.69) is 18.9 Å². The SMILES string of the molecule is COCCOC(C)[O-].COCCOC(C)[O-].[Mg+2]. The van der Waals surface area contributed by atoms with E-state index in [1.807, 2.05) is 0 Å². The van der Waals surface area contributed by atoms with Crippen molar-refractivity contribution in [2.24, 2.45) is 0 Å². The van der Waals surface area contributed by atoms with Gasteiger partial charge in [-0.3, -0.25) is 0 Å². The number of rotatable bonds is 8. The molecule has 0 bridgehead atoms. The van der Waals surface area contributed by atoms with Gasteiger partial charge in [-0.1, -0.05) is 13.8 Å². The topological polar surface area (TPSA) is 83.0 Å². The van der Waals surface area contributed by atoms with Gasteiger partial charge in [0.2, 0.25) is 0 Å². The number of hydrogen-bond donors (Lipinski definition) is 0. The van der Waals surface area contributed by atoms with Gasteiger partial charge < -0.3 is 29.2 Å². The van der Waals surface area contributed by atoms with Crippen LogP contribution in [-0.4, -0.2) is 76.3 Å². The first-order valence-corrected chi connectivity index (χ1v) is 5.07. The van der Waals surface area contributed by atoms with Crippen LogP contribution < -0.4 is 10.2 Å². The molecule has 7 heteroatoms. The third-order valence-electron chi connectivity index (χ3n) is 1.28. The van der Waals surface area contributed by atoms with E-state index in [-0.39, 0.29) is 23.1 Å². The fraction of sp³-hybridized carbons (Fsp3) is 1.00. The number of hydrogen-bond acceptors (Lipinski definition) is 6. The Labute approximate surface area is 119 Å². The minimum absolute atomic E-state index is 0. The fourth-order valence-electron chi connectivity index (χ4n) is 0.595. The smallest absolute Gasteiger partial charge is 0.831 e. The van der Waals surface area contributed by atoms with Crippen LogP contribution in [-0.2, 0) is 18.9 Å². The Bertz CT molecular complexity index is 109. The first kappa shape index (κ1) is 22.7. The molecule has 2 atom stereocenters. The van der Waals surface area contributed by atoms with Gasteiger partial charge in [0.1, 0.15) is 0 Å². The van der Waals surface area contributed by atoms with Gasteiger partial charge >= 0.3 is 23.1 Å². The largest absolute Gasteiger partial charge is 2.00 e. The summed E-state index contributed by atoms with van der Waals surface area (Å²) in [6.07, 6.45) is -1.85. The quantitative estimate of drug-likeness (QED) is 0.295. The van der Waals surface area contributed by atoms with Crippen molar-refractivity contribution in [2.45, 2.75) is 26.4 Å². The summed E-state index contributed by atoms with van der Waals surface area (Å²) < 4.78 is 18.5. The van der Waals surface area contributed by atoms with Crippen molar-refractivity contribution >= 4 is 23.1 Å². The molecule has 0 saturated heterocycles. The zero-order chi connectivity index (χ0) is 12.8. The van der Waals surface area contributed by atoms with E-state index in [9.17, 15) is 10.2 Å². The molecule has 0 aromatic heterocycles. The Morgan fingerprint density at radius 1 is 0.765 bits per heavy atom. The molecule has 17 heavy (non-hydrogen) atoms. The van der Waals surface area contributed by atoms with Crippen molar-refractivity contribution in [1.29, 1.82) is 0 Å². The van der Waals surface area contributed by atoms with Crippen LogP contribution in [0.15, 0.2) is 0 Å². The molecule has 0 rings (SSSR count). The van der Waals surface area contributed by atoms with Gasteiger partial charge in [-0.2, -0.15) is 0 Å². The van der Waals surface area contributed by atoms with Gasteiger partial charge in [-0.15, -0.1) is 0 Å². The van der Waals surface area contributed by atoms with Crippen molar-refractivity contribution in [3.63, 3.8) is 0 Å². The predicted octanol–water partition coefficient (Wildman–Crippen LogP) is -1.67. The predicted molar refractivity (Wildman–Crippen MR) is 60.3 cm³/mol. The maximum Gasteiger partial charge on any atom is 2.00 e. The summed E-state index contributed by atoms with van der Waals surface area (Å²) in [5.41, 5.74) is 0. The van der Waals surface area contributed by atoms with Crippen LogP contribution in [0, 0.1) is 0 Å². The van der Waals surface area contributed by atoms with Crippen LogP contribution in [0.3, 0.4) is 0 Å². The van der Waals surface area contributed by atoms with Crippen molar-refractivity contribution in [3.05, 3.63) is 0 Å². The molecule has 100 valence electrons. The zero-order valence-electron chi connectivity index (χ0n) is 11.1. The van der Waals surface area contributed by atoms with Crippen molar-refractivity contribution in [2.75, 3.05) is 40.6 Å². The molecule has 0 heterocycles. The van der Waals surface area contributed by atoms with E-state index in [1.54, 1.807) is 14.2 Å². The van der Waals surface area contributed by atoms with Crippen LogP contribution in [0.5, 0.6) is 0 Å². The van der Waals surface area contributed by atoms with Crippen LogP contribution in [0.1, 0.15) is 13.8 Å². The summed E-state index contributed by atoms with van der Waals surface area (Å²) in [5.74, 6) is 0. The molecular weight excluding hydrogens is 240 g/mol. The average Bonchev–Trinajstić information content (AvgIpc) is 2.18. The molecule has 0 amide bonds. The molecule has 0 aliphatic heterocycles. The fourth-order valence-corrected chi connectivity index (χ4v) is 0.595. The molecule has 6 nitrogen and oxygen atoms in total. The Balaban J connectivity index is -0.000000218. The van der Waals surface area contributed by atoms with Gasteiger partial charge in [-0.25, -0.2) is 0 Å². The zero-order valence-corrected chi connectivity index (χ0v) is 12.6. The summed E-state index contributed by atoms with van der Waals surface area (Å²) in [5, 5.41) is 20.2. The van der Waals surface area contributed by atoms with E-state index in [0.29, 0.717) is 26.4 Å². The average molecular weight is 263 g/mol. The molecule has 0 aromatic rings. The maximum atomic E-state index is 10.1. The standard InChI is InChI=1S/2C5H11O3.Mg/c2*1-5(6)8-4-3-7-2;/h2*5H,3-4H2,1-2H3;/q2*-1;+2.